The Balaban J connectivity index is 2.32. The number of nitrogens with one attached hydrogen (secondary N) is 1. The van der Waals surface area contributed by atoms with E-state index in [0.717, 1.165) is 25.7 Å². The van der Waals surface area contributed by atoms with Crippen molar-refractivity contribution in [2.45, 2.75) is 44.6 Å². The smallest absolute Gasteiger partial charge is 0.220 e. The summed E-state index contributed by atoms with van der Waals surface area (Å²) in [6.07, 6.45) is 4.42. The van der Waals surface area contributed by atoms with E-state index in [0.29, 0.717) is 6.42 Å². The summed E-state index contributed by atoms with van der Waals surface area (Å²) in [7, 11) is 0. The fourth-order valence-electron chi connectivity index (χ4n) is 1.51. The topological polar surface area (TPSA) is 49.3 Å². The van der Waals surface area contributed by atoms with Crippen molar-refractivity contribution in [3.8, 4) is 0 Å². The first-order chi connectivity index (χ1) is 5.72. The van der Waals surface area contributed by atoms with Crippen molar-refractivity contribution >= 4 is 5.91 Å². The molecule has 3 nitrogen and oxygen atoms in total. The molecule has 0 unspecified atom stereocenters. The highest BCUT2D eigenvalue weighted by molar-refractivity contribution is 5.76. The number of carbonyl (C=O) groups excluding carboxylic acids is 1. The van der Waals surface area contributed by atoms with E-state index in [1.807, 2.05) is 6.92 Å². The predicted octanol–water partition coefficient (Wildman–Crippen LogP) is 0.818. The van der Waals surface area contributed by atoms with Crippen LogP contribution in [0.15, 0.2) is 0 Å². The Morgan fingerprint density at radius 1 is 1.58 bits per heavy atom. The highest BCUT2D eigenvalue weighted by Crippen LogP contribution is 2.31. The molecule has 1 aliphatic carbocycles. The van der Waals surface area contributed by atoms with Crippen LogP contribution in [0.5, 0.6) is 0 Å². The standard InChI is InChI=1S/C9H17NO2/c1-2-4-8(12)10-9(7-11)5-3-6-9/h11H,2-7H2,1H3,(H,10,12). The largest absolute Gasteiger partial charge is 0.394 e. The van der Waals surface area contributed by atoms with E-state index in [-0.39, 0.29) is 18.1 Å². The van der Waals surface area contributed by atoms with Crippen molar-refractivity contribution in [3.63, 3.8) is 0 Å². The minimum atomic E-state index is -0.258. The van der Waals surface area contributed by atoms with E-state index in [9.17, 15) is 4.79 Å². The summed E-state index contributed by atoms with van der Waals surface area (Å²) in [6.45, 7) is 2.06. The molecule has 2 N–H and O–H groups in total. The first kappa shape index (κ1) is 9.52. The van der Waals surface area contributed by atoms with Crippen LogP contribution in [0.4, 0.5) is 0 Å². The predicted molar refractivity (Wildman–Crippen MR) is 46.7 cm³/mol. The summed E-state index contributed by atoms with van der Waals surface area (Å²) < 4.78 is 0. The molecular formula is C9H17NO2. The van der Waals surface area contributed by atoms with Crippen molar-refractivity contribution < 1.29 is 9.90 Å². The Morgan fingerprint density at radius 3 is 2.58 bits per heavy atom. The molecule has 1 amide bonds. The molecule has 1 fully saturated rings. The molecule has 0 spiro atoms. The average molecular weight is 171 g/mol. The van der Waals surface area contributed by atoms with Gasteiger partial charge in [-0.15, -0.1) is 0 Å². The molecule has 3 heteroatoms. The number of aliphatic hydroxyl groups is 1. The Morgan fingerprint density at radius 2 is 2.25 bits per heavy atom. The summed E-state index contributed by atoms with van der Waals surface area (Å²) in [5.41, 5.74) is -0.258. The summed E-state index contributed by atoms with van der Waals surface area (Å²) >= 11 is 0. The third-order valence-corrected chi connectivity index (χ3v) is 2.49. The van der Waals surface area contributed by atoms with Gasteiger partial charge in [0.05, 0.1) is 12.1 Å². The third-order valence-electron chi connectivity index (χ3n) is 2.49. The van der Waals surface area contributed by atoms with Crippen LogP contribution in [0.3, 0.4) is 0 Å². The van der Waals surface area contributed by atoms with Gasteiger partial charge in [-0.25, -0.2) is 0 Å². The molecule has 0 radical (unpaired) electrons. The number of carbonyl (C=O) groups is 1. The van der Waals surface area contributed by atoms with Crippen molar-refractivity contribution in [2.75, 3.05) is 6.61 Å². The lowest BCUT2D eigenvalue weighted by Gasteiger charge is -2.40. The number of hydrogen-bond acceptors (Lipinski definition) is 2. The van der Waals surface area contributed by atoms with Gasteiger partial charge in [0.1, 0.15) is 0 Å². The molecular weight excluding hydrogens is 154 g/mol. The molecule has 1 rings (SSSR count). The second-order valence-electron chi connectivity index (χ2n) is 3.59. The summed E-state index contributed by atoms with van der Waals surface area (Å²) in [4.78, 5) is 11.2. The fraction of sp³-hybridized carbons (Fsp3) is 0.889. The third kappa shape index (κ3) is 1.97. The molecule has 0 aliphatic heterocycles. The molecule has 0 saturated heterocycles. The average Bonchev–Trinajstić information content (AvgIpc) is 1.97. The maximum atomic E-state index is 11.2. The van der Waals surface area contributed by atoms with E-state index < -0.39 is 0 Å². The Hall–Kier alpha value is -0.570. The first-order valence-electron chi connectivity index (χ1n) is 4.64. The molecule has 0 atom stereocenters. The van der Waals surface area contributed by atoms with Crippen molar-refractivity contribution in [3.05, 3.63) is 0 Å². The van der Waals surface area contributed by atoms with Crippen LogP contribution in [0, 0.1) is 0 Å². The Labute approximate surface area is 73.2 Å². The second-order valence-corrected chi connectivity index (χ2v) is 3.59. The number of aliphatic hydroxyl groups excluding tert-OH is 1. The lowest BCUT2D eigenvalue weighted by molar-refractivity contribution is -0.125. The van der Waals surface area contributed by atoms with Crippen LogP contribution in [-0.2, 0) is 4.79 Å². The van der Waals surface area contributed by atoms with Gasteiger partial charge in [0.25, 0.3) is 0 Å². The van der Waals surface area contributed by atoms with Gasteiger partial charge in [-0.05, 0) is 25.7 Å². The highest BCUT2D eigenvalue weighted by Gasteiger charge is 2.37. The first-order valence-corrected chi connectivity index (χ1v) is 4.64. The molecule has 1 saturated carbocycles. The number of hydrogen-bond donors (Lipinski definition) is 2. The molecule has 0 bridgehead atoms. The van der Waals surface area contributed by atoms with Crippen LogP contribution >= 0.6 is 0 Å². The molecule has 0 aromatic heterocycles. The minimum absolute atomic E-state index is 0.0752. The number of amides is 1. The van der Waals surface area contributed by atoms with Gasteiger partial charge in [0.2, 0.25) is 5.91 Å². The van der Waals surface area contributed by atoms with Crippen molar-refractivity contribution in [2.24, 2.45) is 0 Å². The molecule has 70 valence electrons. The van der Waals surface area contributed by atoms with E-state index in [2.05, 4.69) is 5.32 Å². The van der Waals surface area contributed by atoms with E-state index in [1.54, 1.807) is 0 Å². The SMILES string of the molecule is CCCC(=O)NC1(CO)CCC1. The van der Waals surface area contributed by atoms with Crippen molar-refractivity contribution in [1.82, 2.24) is 5.32 Å². The zero-order chi connectivity index (χ0) is 9.03. The van der Waals surface area contributed by atoms with E-state index in [1.165, 1.54) is 0 Å². The number of rotatable bonds is 4. The van der Waals surface area contributed by atoms with Crippen LogP contribution < -0.4 is 5.32 Å². The van der Waals surface area contributed by atoms with Gasteiger partial charge in [0.15, 0.2) is 0 Å². The summed E-state index contributed by atoms with van der Waals surface area (Å²) in [6, 6.07) is 0. The summed E-state index contributed by atoms with van der Waals surface area (Å²) in [5, 5.41) is 11.9. The van der Waals surface area contributed by atoms with Gasteiger partial charge < -0.3 is 10.4 Å². The Bertz CT molecular complexity index is 158. The fourth-order valence-corrected chi connectivity index (χ4v) is 1.51. The van der Waals surface area contributed by atoms with E-state index >= 15 is 0 Å². The zero-order valence-electron chi connectivity index (χ0n) is 7.60. The van der Waals surface area contributed by atoms with Crippen molar-refractivity contribution in [1.29, 1.82) is 0 Å². The monoisotopic (exact) mass is 171 g/mol. The lowest BCUT2D eigenvalue weighted by Crippen LogP contribution is -2.56. The lowest BCUT2D eigenvalue weighted by atomic mass is 9.77. The van der Waals surface area contributed by atoms with Gasteiger partial charge in [-0.1, -0.05) is 6.92 Å². The van der Waals surface area contributed by atoms with Gasteiger partial charge in [0, 0.05) is 6.42 Å². The van der Waals surface area contributed by atoms with Crippen LogP contribution in [0.1, 0.15) is 39.0 Å². The van der Waals surface area contributed by atoms with Crippen LogP contribution in [0.2, 0.25) is 0 Å². The maximum absolute atomic E-state index is 11.2. The molecule has 1 aliphatic rings. The van der Waals surface area contributed by atoms with Crippen LogP contribution in [-0.4, -0.2) is 23.2 Å². The molecule has 0 aromatic rings. The van der Waals surface area contributed by atoms with Crippen LogP contribution in [0.25, 0.3) is 0 Å². The molecule has 0 aromatic carbocycles. The van der Waals surface area contributed by atoms with Gasteiger partial charge >= 0.3 is 0 Å². The maximum Gasteiger partial charge on any atom is 0.220 e. The summed E-state index contributed by atoms with van der Waals surface area (Å²) in [5.74, 6) is 0.0752. The highest BCUT2D eigenvalue weighted by atomic mass is 16.3. The quantitative estimate of drug-likeness (QED) is 0.658. The minimum Gasteiger partial charge on any atom is -0.394 e. The van der Waals surface area contributed by atoms with Gasteiger partial charge in [-0.2, -0.15) is 0 Å². The Kier molecular flexibility index (Phi) is 3.09. The molecule has 0 heterocycles. The normalized spacial score (nSPS) is 19.8. The molecule has 12 heavy (non-hydrogen) atoms. The second kappa shape index (κ2) is 3.90. The van der Waals surface area contributed by atoms with E-state index in [4.69, 9.17) is 5.11 Å². The zero-order valence-corrected chi connectivity index (χ0v) is 7.60. The van der Waals surface area contributed by atoms with Gasteiger partial charge in [-0.3, -0.25) is 4.79 Å².